The quantitative estimate of drug-likeness (QED) is 0.377. The van der Waals surface area contributed by atoms with Crippen LogP contribution in [0.15, 0.2) is 83.9 Å². The van der Waals surface area contributed by atoms with Crippen molar-refractivity contribution in [1.29, 1.82) is 0 Å². The van der Waals surface area contributed by atoms with Gasteiger partial charge in [-0.05, 0) is 73.0 Å². The smallest absolute Gasteiger partial charge is 0.276 e. The summed E-state index contributed by atoms with van der Waals surface area (Å²) in [5.41, 5.74) is 7.51. The van der Waals surface area contributed by atoms with Gasteiger partial charge in [0.15, 0.2) is 5.65 Å². The maximum absolute atomic E-state index is 13.2. The fourth-order valence-electron chi connectivity index (χ4n) is 5.28. The first-order valence-corrected chi connectivity index (χ1v) is 12.7. The molecule has 0 saturated carbocycles. The largest absolute Gasteiger partial charge is 0.368 e. The summed E-state index contributed by atoms with van der Waals surface area (Å²) in [4.78, 5) is 35.2. The van der Waals surface area contributed by atoms with E-state index in [1.54, 1.807) is 10.8 Å². The molecule has 7 heteroatoms. The summed E-state index contributed by atoms with van der Waals surface area (Å²) < 4.78 is 3.58. The van der Waals surface area contributed by atoms with E-state index < -0.39 is 0 Å². The second-order valence-corrected chi connectivity index (χ2v) is 9.70. The predicted molar refractivity (Wildman–Crippen MR) is 147 cm³/mol. The summed E-state index contributed by atoms with van der Waals surface area (Å²) >= 11 is 0. The van der Waals surface area contributed by atoms with Crippen molar-refractivity contribution in [2.75, 3.05) is 31.1 Å². The molecule has 1 aliphatic rings. The normalized spacial score (nSPS) is 14.0. The minimum Gasteiger partial charge on any atom is -0.368 e. The molecule has 1 fully saturated rings. The van der Waals surface area contributed by atoms with Crippen molar-refractivity contribution < 1.29 is 4.79 Å². The Kier molecular flexibility index (Phi) is 5.75. The lowest BCUT2D eigenvalue weighted by atomic mass is 10.1. The van der Waals surface area contributed by atoms with Crippen molar-refractivity contribution in [3.8, 4) is 0 Å². The molecule has 0 unspecified atom stereocenters. The van der Waals surface area contributed by atoms with E-state index in [2.05, 4.69) is 41.9 Å². The fraction of sp³-hybridized carbons (Fsp3) is 0.233. The van der Waals surface area contributed by atoms with Gasteiger partial charge in [0, 0.05) is 49.8 Å². The van der Waals surface area contributed by atoms with Gasteiger partial charge in [-0.1, -0.05) is 24.3 Å². The number of benzene rings is 2. The number of hydrogen-bond donors (Lipinski definition) is 0. The monoisotopic (exact) mass is 491 g/mol. The van der Waals surface area contributed by atoms with Gasteiger partial charge in [-0.25, -0.2) is 4.98 Å². The number of anilines is 1. The average Bonchev–Trinajstić information content (AvgIpc) is 3.43. The topological polar surface area (TPSA) is 62.8 Å². The summed E-state index contributed by atoms with van der Waals surface area (Å²) in [5, 5.41) is 0. The van der Waals surface area contributed by atoms with E-state index in [0.717, 1.165) is 24.2 Å². The van der Waals surface area contributed by atoms with E-state index in [-0.39, 0.29) is 11.5 Å². The van der Waals surface area contributed by atoms with Crippen LogP contribution in [0.5, 0.6) is 0 Å². The van der Waals surface area contributed by atoms with Gasteiger partial charge in [0.25, 0.3) is 11.5 Å². The van der Waals surface area contributed by atoms with E-state index in [9.17, 15) is 9.59 Å². The van der Waals surface area contributed by atoms with E-state index in [1.165, 1.54) is 16.8 Å². The molecule has 2 aromatic carbocycles. The predicted octanol–water partition coefficient (Wildman–Crippen LogP) is 4.28. The Morgan fingerprint density at radius 2 is 1.62 bits per heavy atom. The number of carbonyl (C=O) groups is 1. The van der Waals surface area contributed by atoms with Crippen LogP contribution >= 0.6 is 0 Å². The molecule has 0 bridgehead atoms. The van der Waals surface area contributed by atoms with Crippen LogP contribution in [0.25, 0.3) is 16.7 Å². The van der Waals surface area contributed by atoms with Crippen LogP contribution in [0.1, 0.15) is 27.0 Å². The zero-order valence-electron chi connectivity index (χ0n) is 21.1. The Balaban J connectivity index is 1.18. The van der Waals surface area contributed by atoms with Crippen molar-refractivity contribution in [2.45, 2.75) is 20.4 Å². The second kappa shape index (κ2) is 9.24. The number of amides is 1. The lowest BCUT2D eigenvalue weighted by Crippen LogP contribution is -2.49. The first kappa shape index (κ1) is 23.0. The Morgan fingerprint density at radius 3 is 2.41 bits per heavy atom. The summed E-state index contributed by atoms with van der Waals surface area (Å²) in [7, 11) is 0. The molecule has 7 nitrogen and oxygen atoms in total. The van der Waals surface area contributed by atoms with Crippen molar-refractivity contribution in [1.82, 2.24) is 18.9 Å². The van der Waals surface area contributed by atoms with Crippen LogP contribution in [0.4, 0.5) is 5.69 Å². The van der Waals surface area contributed by atoms with Crippen LogP contribution in [0.2, 0.25) is 0 Å². The number of aromatic nitrogens is 3. The Bertz CT molecular complexity index is 1670. The van der Waals surface area contributed by atoms with Crippen LogP contribution in [0.3, 0.4) is 0 Å². The van der Waals surface area contributed by atoms with Gasteiger partial charge in [-0.3, -0.25) is 14.2 Å². The number of aryl methyl sites for hydroxylation is 1. The molecular formula is C30H29N5O2. The molecule has 4 heterocycles. The molecule has 0 N–H and O–H groups in total. The third-order valence-corrected chi connectivity index (χ3v) is 7.52. The van der Waals surface area contributed by atoms with Gasteiger partial charge in [-0.15, -0.1) is 0 Å². The highest BCUT2D eigenvalue weighted by Crippen LogP contribution is 2.24. The third kappa shape index (κ3) is 4.06. The zero-order chi connectivity index (χ0) is 25.5. The first-order chi connectivity index (χ1) is 18.0. The van der Waals surface area contributed by atoms with E-state index >= 15 is 0 Å². The maximum atomic E-state index is 13.2. The minimum atomic E-state index is -0.0851. The van der Waals surface area contributed by atoms with Crippen LogP contribution in [-0.2, 0) is 6.54 Å². The van der Waals surface area contributed by atoms with E-state index in [4.69, 9.17) is 0 Å². The number of piperazine rings is 1. The Labute approximate surface area is 215 Å². The number of rotatable bonds is 4. The average molecular weight is 492 g/mol. The summed E-state index contributed by atoms with van der Waals surface area (Å²) in [6, 6.07) is 21.5. The fourth-order valence-corrected chi connectivity index (χ4v) is 5.28. The van der Waals surface area contributed by atoms with Crippen molar-refractivity contribution in [3.05, 3.63) is 112 Å². The second-order valence-electron chi connectivity index (χ2n) is 9.70. The maximum Gasteiger partial charge on any atom is 0.276 e. The molecule has 0 aliphatic carbocycles. The van der Waals surface area contributed by atoms with Crippen molar-refractivity contribution in [3.63, 3.8) is 0 Å². The minimum absolute atomic E-state index is 0.0473. The number of carbonyl (C=O) groups excluding carboxylic acids is 1. The molecule has 186 valence electrons. The zero-order valence-corrected chi connectivity index (χ0v) is 21.1. The summed E-state index contributed by atoms with van der Waals surface area (Å²) in [6.45, 7) is 7.70. The van der Waals surface area contributed by atoms with E-state index in [0.29, 0.717) is 36.4 Å². The number of hydrogen-bond acceptors (Lipinski definition) is 4. The van der Waals surface area contributed by atoms with Gasteiger partial charge in [0.05, 0.1) is 12.1 Å². The van der Waals surface area contributed by atoms with Gasteiger partial charge < -0.3 is 14.2 Å². The van der Waals surface area contributed by atoms with Gasteiger partial charge in [0.2, 0.25) is 0 Å². The number of fused-ring (bicyclic) bond motifs is 3. The van der Waals surface area contributed by atoms with Crippen molar-refractivity contribution in [2.24, 2.45) is 0 Å². The van der Waals surface area contributed by atoms with Gasteiger partial charge in [0.1, 0.15) is 5.52 Å². The molecule has 1 amide bonds. The molecule has 1 aliphatic heterocycles. The number of pyridine rings is 1. The molecule has 37 heavy (non-hydrogen) atoms. The molecule has 0 spiro atoms. The van der Waals surface area contributed by atoms with Gasteiger partial charge in [-0.2, -0.15) is 0 Å². The van der Waals surface area contributed by atoms with Crippen molar-refractivity contribution >= 4 is 28.3 Å². The highest BCUT2D eigenvalue weighted by atomic mass is 16.2. The summed E-state index contributed by atoms with van der Waals surface area (Å²) in [5.74, 6) is 0.0473. The van der Waals surface area contributed by atoms with E-state index in [1.807, 2.05) is 64.0 Å². The SMILES string of the molecule is Cc1cccc(N2CCN(C(=O)c3ccc(Cn4c(=O)c5cccn5c5cccnc54)cc3)CC2)c1C. The standard InChI is InChI=1S/C30H29N5O2/c1-21-6-3-7-25(22(21)2)32-16-18-33(19-17-32)29(36)24-12-10-23(11-13-24)20-35-28-26(8-4-14-31-28)34-15-5-9-27(34)30(35)37/h3-15H,16-20H2,1-2H3. The molecule has 0 radical (unpaired) electrons. The molecule has 5 aromatic rings. The lowest BCUT2D eigenvalue weighted by molar-refractivity contribution is 0.0746. The first-order valence-electron chi connectivity index (χ1n) is 12.7. The lowest BCUT2D eigenvalue weighted by Gasteiger charge is -2.37. The molecule has 1 saturated heterocycles. The Hall–Kier alpha value is -4.39. The molecule has 3 aromatic heterocycles. The third-order valence-electron chi connectivity index (χ3n) is 7.52. The summed E-state index contributed by atoms with van der Waals surface area (Å²) in [6.07, 6.45) is 3.59. The molecular weight excluding hydrogens is 462 g/mol. The van der Waals surface area contributed by atoms with Gasteiger partial charge >= 0.3 is 0 Å². The Morgan fingerprint density at radius 1 is 0.865 bits per heavy atom. The highest BCUT2D eigenvalue weighted by Gasteiger charge is 2.23. The molecule has 0 atom stereocenters. The van der Waals surface area contributed by atoms with Crippen LogP contribution < -0.4 is 10.5 Å². The number of nitrogens with zero attached hydrogens (tertiary/aromatic N) is 5. The van der Waals surface area contributed by atoms with Crippen LogP contribution in [-0.4, -0.2) is 50.9 Å². The molecule has 6 rings (SSSR count). The highest BCUT2D eigenvalue weighted by molar-refractivity contribution is 5.94. The van der Waals surface area contributed by atoms with Crippen LogP contribution in [0, 0.1) is 13.8 Å².